The van der Waals surface area contributed by atoms with Crippen molar-refractivity contribution in [3.63, 3.8) is 0 Å². The lowest BCUT2D eigenvalue weighted by Gasteiger charge is -2.25. The largest absolute Gasteiger partial charge is 0.494 e. The number of esters is 1. The molecule has 0 aliphatic heterocycles. The first-order valence-corrected chi connectivity index (χ1v) is 13.5. The summed E-state index contributed by atoms with van der Waals surface area (Å²) >= 11 is 0. The second-order valence-electron chi connectivity index (χ2n) is 9.71. The number of urea groups is 1. The highest BCUT2D eigenvalue weighted by molar-refractivity contribution is 7.92. The van der Waals surface area contributed by atoms with Gasteiger partial charge in [0.25, 0.3) is 10.0 Å². The van der Waals surface area contributed by atoms with Crippen molar-refractivity contribution in [2.75, 3.05) is 17.1 Å². The van der Waals surface area contributed by atoms with Gasteiger partial charge in [-0.1, -0.05) is 48.0 Å². The van der Waals surface area contributed by atoms with Crippen LogP contribution in [0.4, 0.5) is 16.2 Å². The lowest BCUT2D eigenvalue weighted by atomic mass is 10.1. The van der Waals surface area contributed by atoms with Crippen LogP contribution in [0.3, 0.4) is 0 Å². The molecule has 10 heteroatoms. The summed E-state index contributed by atoms with van der Waals surface area (Å²) in [4.78, 5) is 25.8. The summed E-state index contributed by atoms with van der Waals surface area (Å²) in [6.45, 7) is 7.13. The van der Waals surface area contributed by atoms with E-state index in [-0.39, 0.29) is 22.8 Å². The average Bonchev–Trinajstić information content (AvgIpc) is 2.84. The molecule has 0 fully saturated rings. The van der Waals surface area contributed by atoms with E-state index in [4.69, 9.17) is 9.47 Å². The van der Waals surface area contributed by atoms with Crippen molar-refractivity contribution in [2.45, 2.75) is 50.7 Å². The van der Waals surface area contributed by atoms with E-state index in [1.165, 1.54) is 37.4 Å². The molecule has 3 aromatic carbocycles. The van der Waals surface area contributed by atoms with Crippen LogP contribution < -0.4 is 20.1 Å². The normalized spacial score (nSPS) is 12.2. The molecule has 38 heavy (non-hydrogen) atoms. The Bertz CT molecular complexity index is 1370. The maximum atomic E-state index is 12.8. The van der Waals surface area contributed by atoms with E-state index in [1.807, 2.05) is 37.3 Å². The fraction of sp³-hybridized carbons (Fsp3) is 0.286. The van der Waals surface area contributed by atoms with E-state index in [0.29, 0.717) is 5.69 Å². The summed E-state index contributed by atoms with van der Waals surface area (Å²) in [5.74, 6) is -0.360. The Labute approximate surface area is 223 Å². The van der Waals surface area contributed by atoms with Crippen LogP contribution in [0.2, 0.25) is 0 Å². The Morgan fingerprint density at radius 2 is 1.61 bits per heavy atom. The van der Waals surface area contributed by atoms with Crippen molar-refractivity contribution in [1.82, 2.24) is 5.32 Å². The third-order valence-corrected chi connectivity index (χ3v) is 6.70. The van der Waals surface area contributed by atoms with Crippen molar-refractivity contribution >= 4 is 33.4 Å². The number of hydrogen-bond donors (Lipinski definition) is 3. The van der Waals surface area contributed by atoms with Gasteiger partial charge in [0.2, 0.25) is 0 Å². The number of hydrogen-bond acceptors (Lipinski definition) is 6. The number of aryl methyl sites for hydroxylation is 1. The zero-order chi connectivity index (χ0) is 27.9. The first-order chi connectivity index (χ1) is 17.9. The molecule has 2 amide bonds. The Kier molecular flexibility index (Phi) is 9.00. The molecule has 3 rings (SSSR count). The molecule has 3 aromatic rings. The van der Waals surface area contributed by atoms with Gasteiger partial charge in [0.15, 0.2) is 0 Å². The van der Waals surface area contributed by atoms with Gasteiger partial charge in [-0.3, -0.25) is 4.72 Å². The second-order valence-corrected chi connectivity index (χ2v) is 11.4. The molecule has 0 aliphatic carbocycles. The average molecular weight is 540 g/mol. The van der Waals surface area contributed by atoms with E-state index in [1.54, 1.807) is 32.9 Å². The van der Waals surface area contributed by atoms with Crippen molar-refractivity contribution in [2.24, 2.45) is 0 Å². The zero-order valence-electron chi connectivity index (χ0n) is 22.1. The molecule has 0 bridgehead atoms. The van der Waals surface area contributed by atoms with Gasteiger partial charge in [-0.05, 0) is 57.5 Å². The van der Waals surface area contributed by atoms with E-state index in [0.717, 1.165) is 11.1 Å². The molecule has 0 spiro atoms. The van der Waals surface area contributed by atoms with Gasteiger partial charge in [0.05, 0.1) is 17.7 Å². The maximum Gasteiger partial charge on any atom is 0.329 e. The number of benzene rings is 3. The first-order valence-electron chi connectivity index (χ1n) is 12.0. The minimum Gasteiger partial charge on any atom is -0.494 e. The van der Waals surface area contributed by atoms with Crippen LogP contribution in [-0.2, 0) is 26.0 Å². The number of sulfonamides is 1. The number of carbonyl (C=O) groups excluding carboxylic acids is 2. The number of methoxy groups -OCH3 is 1. The number of ether oxygens (including phenoxy) is 2. The molecule has 0 radical (unpaired) electrons. The van der Waals surface area contributed by atoms with Gasteiger partial charge in [-0.15, -0.1) is 0 Å². The van der Waals surface area contributed by atoms with Crippen molar-refractivity contribution < 1.29 is 27.5 Å². The highest BCUT2D eigenvalue weighted by atomic mass is 32.2. The number of amides is 2. The Morgan fingerprint density at radius 3 is 2.21 bits per heavy atom. The van der Waals surface area contributed by atoms with Crippen molar-refractivity contribution in [1.29, 1.82) is 0 Å². The summed E-state index contributed by atoms with van der Waals surface area (Å²) in [6.07, 6.45) is 0.242. The smallest absolute Gasteiger partial charge is 0.329 e. The van der Waals surface area contributed by atoms with Crippen LogP contribution in [0.5, 0.6) is 5.75 Å². The van der Waals surface area contributed by atoms with Crippen molar-refractivity contribution in [3.05, 3.63) is 83.9 Å². The van der Waals surface area contributed by atoms with Crippen LogP contribution in [0, 0.1) is 6.92 Å². The van der Waals surface area contributed by atoms with Gasteiger partial charge >= 0.3 is 12.0 Å². The lowest BCUT2D eigenvalue weighted by molar-refractivity contribution is -0.157. The summed E-state index contributed by atoms with van der Waals surface area (Å²) in [5.41, 5.74) is 1.61. The summed E-state index contributed by atoms with van der Waals surface area (Å²) in [7, 11) is -2.46. The minimum absolute atomic E-state index is 0.110. The monoisotopic (exact) mass is 539 g/mol. The molecular formula is C28H33N3O6S. The first kappa shape index (κ1) is 28.5. The number of carbonyl (C=O) groups is 2. The van der Waals surface area contributed by atoms with E-state index < -0.39 is 33.7 Å². The molecule has 0 saturated heterocycles. The van der Waals surface area contributed by atoms with Crippen LogP contribution in [0.25, 0.3) is 0 Å². The molecule has 0 aliphatic rings. The fourth-order valence-electron chi connectivity index (χ4n) is 3.52. The quantitative estimate of drug-likeness (QED) is 0.333. The molecule has 0 unspecified atom stereocenters. The van der Waals surface area contributed by atoms with E-state index >= 15 is 0 Å². The van der Waals surface area contributed by atoms with Gasteiger partial charge in [-0.25, -0.2) is 18.0 Å². The zero-order valence-corrected chi connectivity index (χ0v) is 22.9. The Balaban J connectivity index is 1.74. The molecule has 0 saturated carbocycles. The van der Waals surface area contributed by atoms with Crippen LogP contribution in [-0.4, -0.2) is 39.2 Å². The molecule has 1 atom stereocenters. The van der Waals surface area contributed by atoms with E-state index in [9.17, 15) is 18.0 Å². The summed E-state index contributed by atoms with van der Waals surface area (Å²) in [5, 5.41) is 5.34. The highest BCUT2D eigenvalue weighted by Gasteiger charge is 2.27. The molecule has 0 heterocycles. The summed E-state index contributed by atoms with van der Waals surface area (Å²) < 4.78 is 38.9. The van der Waals surface area contributed by atoms with Crippen LogP contribution in [0.1, 0.15) is 31.9 Å². The standard InChI is InChI=1S/C28H33N3O6S/c1-19-11-14-22(15-12-19)38(34,35)31-23-16-13-21(18-25(23)36-5)29-27(33)30-24(26(32)37-28(2,3)4)17-20-9-7-6-8-10-20/h6-16,18,24,31H,17H2,1-5H3,(H2,29,30,33)/t24-/m1/s1. The Morgan fingerprint density at radius 1 is 0.947 bits per heavy atom. The minimum atomic E-state index is -3.85. The molecule has 0 aromatic heterocycles. The molecule has 202 valence electrons. The predicted octanol–water partition coefficient (Wildman–Crippen LogP) is 4.88. The van der Waals surface area contributed by atoms with Crippen LogP contribution in [0.15, 0.2) is 77.7 Å². The highest BCUT2D eigenvalue weighted by Crippen LogP contribution is 2.30. The molecular weight excluding hydrogens is 506 g/mol. The maximum absolute atomic E-state index is 12.8. The van der Waals surface area contributed by atoms with Gasteiger partial charge in [-0.2, -0.15) is 0 Å². The van der Waals surface area contributed by atoms with Gasteiger partial charge in [0, 0.05) is 18.2 Å². The third kappa shape index (κ3) is 8.24. The number of nitrogens with one attached hydrogen (secondary N) is 3. The fourth-order valence-corrected chi connectivity index (χ4v) is 4.59. The Hall–Kier alpha value is -4.05. The SMILES string of the molecule is COc1cc(NC(=O)N[C@H](Cc2ccccc2)C(=O)OC(C)(C)C)ccc1NS(=O)(=O)c1ccc(C)cc1. The predicted molar refractivity (Wildman–Crippen MR) is 147 cm³/mol. The molecule has 3 N–H and O–H groups in total. The second kappa shape index (κ2) is 12.0. The van der Waals surface area contributed by atoms with E-state index in [2.05, 4.69) is 15.4 Å². The van der Waals surface area contributed by atoms with Crippen molar-refractivity contribution in [3.8, 4) is 5.75 Å². The van der Waals surface area contributed by atoms with Gasteiger partial charge < -0.3 is 20.1 Å². The third-order valence-electron chi connectivity index (χ3n) is 5.31. The molecule has 9 nitrogen and oxygen atoms in total. The van der Waals surface area contributed by atoms with Gasteiger partial charge in [0.1, 0.15) is 17.4 Å². The van der Waals surface area contributed by atoms with Crippen LogP contribution >= 0.6 is 0 Å². The summed E-state index contributed by atoms with van der Waals surface area (Å²) in [6, 6.07) is 18.6. The number of rotatable bonds is 9. The topological polar surface area (TPSA) is 123 Å². The number of anilines is 2. The lowest BCUT2D eigenvalue weighted by Crippen LogP contribution is -2.47.